The van der Waals surface area contributed by atoms with Gasteiger partial charge in [0.2, 0.25) is 0 Å². The van der Waals surface area contributed by atoms with Crippen molar-refractivity contribution in [3.63, 3.8) is 0 Å². The summed E-state index contributed by atoms with van der Waals surface area (Å²) in [5.74, 6) is 2.35. The number of aromatic nitrogens is 3. The van der Waals surface area contributed by atoms with Crippen LogP contribution in [0.15, 0.2) is 24.5 Å². The second kappa shape index (κ2) is 6.91. The van der Waals surface area contributed by atoms with Crippen molar-refractivity contribution < 1.29 is 9.47 Å². The largest absolute Gasteiger partial charge is 0.493 e. The lowest BCUT2D eigenvalue weighted by Crippen LogP contribution is -2.19. The first-order valence-corrected chi connectivity index (χ1v) is 6.63. The van der Waals surface area contributed by atoms with E-state index in [1.54, 1.807) is 7.11 Å². The Morgan fingerprint density at radius 1 is 1.40 bits per heavy atom. The normalized spacial score (nSPS) is 12.2. The molecule has 2 rings (SSSR count). The SMILES string of the molecule is CCOc1cccc(CNC(C)c2ncn[nH]2)c1OC. The third-order valence-electron chi connectivity index (χ3n) is 3.01. The molecule has 6 nitrogen and oxygen atoms in total. The number of aromatic amines is 1. The van der Waals surface area contributed by atoms with Crippen molar-refractivity contribution in [2.24, 2.45) is 0 Å². The van der Waals surface area contributed by atoms with Crippen molar-refractivity contribution in [3.8, 4) is 11.5 Å². The van der Waals surface area contributed by atoms with Crippen molar-refractivity contribution >= 4 is 0 Å². The quantitative estimate of drug-likeness (QED) is 0.810. The Morgan fingerprint density at radius 2 is 2.25 bits per heavy atom. The summed E-state index contributed by atoms with van der Waals surface area (Å²) >= 11 is 0. The average molecular weight is 276 g/mol. The molecule has 0 aliphatic carbocycles. The number of hydrogen-bond acceptors (Lipinski definition) is 5. The van der Waals surface area contributed by atoms with Gasteiger partial charge in [-0.3, -0.25) is 5.10 Å². The van der Waals surface area contributed by atoms with Crippen LogP contribution in [0.4, 0.5) is 0 Å². The fourth-order valence-electron chi connectivity index (χ4n) is 1.98. The lowest BCUT2D eigenvalue weighted by atomic mass is 10.1. The molecule has 2 N–H and O–H groups in total. The van der Waals surface area contributed by atoms with E-state index in [1.807, 2.05) is 32.0 Å². The number of para-hydroxylation sites is 1. The molecule has 6 heteroatoms. The van der Waals surface area contributed by atoms with Crippen LogP contribution in [0.2, 0.25) is 0 Å². The maximum atomic E-state index is 5.57. The molecule has 0 bridgehead atoms. The Labute approximate surface area is 118 Å². The molecule has 0 amide bonds. The predicted octanol–water partition coefficient (Wildman–Crippen LogP) is 2.06. The molecule has 0 radical (unpaired) electrons. The Hall–Kier alpha value is -2.08. The van der Waals surface area contributed by atoms with E-state index in [1.165, 1.54) is 6.33 Å². The van der Waals surface area contributed by atoms with Gasteiger partial charge in [-0.15, -0.1) is 0 Å². The molecular weight excluding hydrogens is 256 g/mol. The molecule has 0 aliphatic heterocycles. The van der Waals surface area contributed by atoms with Gasteiger partial charge in [0.05, 0.1) is 19.8 Å². The topological polar surface area (TPSA) is 72.1 Å². The average Bonchev–Trinajstić information content (AvgIpc) is 2.99. The van der Waals surface area contributed by atoms with E-state index in [2.05, 4.69) is 20.5 Å². The number of rotatable bonds is 7. The van der Waals surface area contributed by atoms with E-state index in [9.17, 15) is 0 Å². The fourth-order valence-corrected chi connectivity index (χ4v) is 1.98. The summed E-state index contributed by atoms with van der Waals surface area (Å²) in [5.41, 5.74) is 1.05. The Bertz CT molecular complexity index is 528. The van der Waals surface area contributed by atoms with Gasteiger partial charge in [0.1, 0.15) is 12.2 Å². The molecule has 0 spiro atoms. The van der Waals surface area contributed by atoms with Gasteiger partial charge < -0.3 is 14.8 Å². The molecule has 0 saturated heterocycles. The Kier molecular flexibility index (Phi) is 4.95. The summed E-state index contributed by atoms with van der Waals surface area (Å²) in [6.07, 6.45) is 1.50. The smallest absolute Gasteiger partial charge is 0.165 e. The zero-order valence-electron chi connectivity index (χ0n) is 12.0. The van der Waals surface area contributed by atoms with E-state index < -0.39 is 0 Å². The second-order valence-corrected chi connectivity index (χ2v) is 4.35. The highest BCUT2D eigenvalue weighted by atomic mass is 16.5. The predicted molar refractivity (Wildman–Crippen MR) is 75.8 cm³/mol. The third kappa shape index (κ3) is 3.27. The highest BCUT2D eigenvalue weighted by Gasteiger charge is 2.12. The Morgan fingerprint density at radius 3 is 2.90 bits per heavy atom. The molecule has 1 aromatic carbocycles. The second-order valence-electron chi connectivity index (χ2n) is 4.35. The van der Waals surface area contributed by atoms with E-state index >= 15 is 0 Å². The number of methoxy groups -OCH3 is 1. The van der Waals surface area contributed by atoms with Crippen LogP contribution in [0, 0.1) is 0 Å². The monoisotopic (exact) mass is 276 g/mol. The molecule has 2 aromatic rings. The first kappa shape index (κ1) is 14.3. The highest BCUT2D eigenvalue weighted by Crippen LogP contribution is 2.31. The summed E-state index contributed by atoms with van der Waals surface area (Å²) in [6, 6.07) is 5.97. The first-order chi connectivity index (χ1) is 9.76. The summed E-state index contributed by atoms with van der Waals surface area (Å²) in [4.78, 5) is 4.13. The maximum absolute atomic E-state index is 5.57. The van der Waals surface area contributed by atoms with Crippen molar-refractivity contribution in [1.82, 2.24) is 20.5 Å². The summed E-state index contributed by atoms with van der Waals surface area (Å²) in [6.45, 7) is 5.25. The van der Waals surface area contributed by atoms with Gasteiger partial charge in [0.25, 0.3) is 0 Å². The van der Waals surface area contributed by atoms with Gasteiger partial charge in [-0.2, -0.15) is 5.10 Å². The third-order valence-corrected chi connectivity index (χ3v) is 3.01. The molecular formula is C14H20N4O2. The van der Waals surface area contributed by atoms with Crippen LogP contribution in [0.3, 0.4) is 0 Å². The zero-order chi connectivity index (χ0) is 14.4. The molecule has 1 heterocycles. The van der Waals surface area contributed by atoms with E-state index in [4.69, 9.17) is 9.47 Å². The minimum atomic E-state index is 0.0814. The zero-order valence-corrected chi connectivity index (χ0v) is 12.0. The maximum Gasteiger partial charge on any atom is 0.165 e. The van der Waals surface area contributed by atoms with E-state index in [0.717, 1.165) is 22.9 Å². The number of H-pyrrole nitrogens is 1. The van der Waals surface area contributed by atoms with Crippen molar-refractivity contribution in [3.05, 3.63) is 35.9 Å². The van der Waals surface area contributed by atoms with Crippen LogP contribution in [0.1, 0.15) is 31.3 Å². The van der Waals surface area contributed by atoms with Crippen LogP contribution in [0.25, 0.3) is 0 Å². The molecule has 1 atom stereocenters. The molecule has 108 valence electrons. The van der Waals surface area contributed by atoms with Gasteiger partial charge >= 0.3 is 0 Å². The molecule has 0 aliphatic rings. The van der Waals surface area contributed by atoms with Crippen molar-refractivity contribution in [2.75, 3.05) is 13.7 Å². The van der Waals surface area contributed by atoms with Crippen molar-refractivity contribution in [1.29, 1.82) is 0 Å². The summed E-state index contributed by atoms with van der Waals surface area (Å²) in [7, 11) is 1.65. The minimum Gasteiger partial charge on any atom is -0.493 e. The first-order valence-electron chi connectivity index (χ1n) is 6.63. The van der Waals surface area contributed by atoms with Crippen LogP contribution in [-0.2, 0) is 6.54 Å². The number of ether oxygens (including phenoxy) is 2. The van der Waals surface area contributed by atoms with Crippen LogP contribution < -0.4 is 14.8 Å². The van der Waals surface area contributed by atoms with Crippen molar-refractivity contribution in [2.45, 2.75) is 26.4 Å². The van der Waals surface area contributed by atoms with E-state index in [0.29, 0.717) is 13.2 Å². The summed E-state index contributed by atoms with van der Waals surface area (Å²) < 4.78 is 11.0. The minimum absolute atomic E-state index is 0.0814. The van der Waals surface area contributed by atoms with Crippen LogP contribution in [0.5, 0.6) is 11.5 Å². The van der Waals surface area contributed by atoms with Gasteiger partial charge in [0, 0.05) is 12.1 Å². The number of nitrogens with one attached hydrogen (secondary N) is 2. The standard InChI is InChI=1S/C14H20N4O2/c1-4-20-12-7-5-6-11(13(12)19-3)8-15-10(2)14-16-9-17-18-14/h5-7,9-10,15H,4,8H2,1-3H3,(H,16,17,18). The van der Waals surface area contributed by atoms with Gasteiger partial charge in [-0.05, 0) is 19.9 Å². The fraction of sp³-hybridized carbons (Fsp3) is 0.429. The molecule has 20 heavy (non-hydrogen) atoms. The molecule has 0 saturated carbocycles. The van der Waals surface area contributed by atoms with E-state index in [-0.39, 0.29) is 6.04 Å². The lowest BCUT2D eigenvalue weighted by molar-refractivity contribution is 0.308. The molecule has 0 fully saturated rings. The van der Waals surface area contributed by atoms with Crippen LogP contribution in [-0.4, -0.2) is 28.9 Å². The number of benzene rings is 1. The Balaban J connectivity index is 2.07. The van der Waals surface area contributed by atoms with Gasteiger partial charge in [-0.25, -0.2) is 4.98 Å². The lowest BCUT2D eigenvalue weighted by Gasteiger charge is -2.16. The molecule has 1 unspecified atom stereocenters. The molecule has 1 aromatic heterocycles. The highest BCUT2D eigenvalue weighted by molar-refractivity contribution is 5.46. The summed E-state index contributed by atoms with van der Waals surface area (Å²) in [5, 5.41) is 10.1. The van der Waals surface area contributed by atoms with Gasteiger partial charge in [-0.1, -0.05) is 12.1 Å². The number of hydrogen-bond donors (Lipinski definition) is 2. The van der Waals surface area contributed by atoms with Gasteiger partial charge in [0.15, 0.2) is 11.5 Å². The van der Waals surface area contributed by atoms with Crippen LogP contribution >= 0.6 is 0 Å². The number of nitrogens with zero attached hydrogens (tertiary/aromatic N) is 2.